The molecule has 0 amide bonds. The number of hydrogen-bond acceptors (Lipinski definition) is 4. The van der Waals surface area contributed by atoms with Crippen molar-refractivity contribution in [2.75, 3.05) is 20.3 Å². The highest BCUT2D eigenvalue weighted by atomic mass is 32.2. The average Bonchev–Trinajstić information content (AvgIpc) is 2.39. The number of ether oxygens (including phenoxy) is 1. The molecule has 0 aliphatic rings. The fraction of sp³-hybridized carbons (Fsp3) is 0.462. The van der Waals surface area contributed by atoms with Crippen LogP contribution in [0.2, 0.25) is 0 Å². The van der Waals surface area contributed by atoms with E-state index < -0.39 is 32.7 Å². The van der Waals surface area contributed by atoms with Crippen molar-refractivity contribution < 1.29 is 27.4 Å². The number of hydrogen-bond donors (Lipinski definition) is 1. The van der Waals surface area contributed by atoms with Crippen LogP contribution in [0.4, 0.5) is 4.39 Å². The predicted octanol–water partition coefficient (Wildman–Crippen LogP) is 1.57. The zero-order valence-electron chi connectivity index (χ0n) is 12.0. The molecule has 1 N–H and O–H groups in total. The molecule has 1 unspecified atom stereocenters. The SMILES string of the molecule is CCN(C(C)COC)S(=O)(=O)c1cc(C(=O)O)ccc1F. The molecule has 0 radical (unpaired) electrons. The van der Waals surface area contributed by atoms with Crippen LogP contribution in [-0.2, 0) is 14.8 Å². The summed E-state index contributed by atoms with van der Waals surface area (Å²) in [5, 5.41) is 8.90. The Hall–Kier alpha value is -1.51. The third-order valence-electron chi connectivity index (χ3n) is 2.98. The van der Waals surface area contributed by atoms with Gasteiger partial charge in [0.05, 0.1) is 12.2 Å². The number of nitrogens with zero attached hydrogens (tertiary/aromatic N) is 1. The van der Waals surface area contributed by atoms with Gasteiger partial charge in [-0.2, -0.15) is 4.31 Å². The van der Waals surface area contributed by atoms with Crippen molar-refractivity contribution in [1.82, 2.24) is 4.31 Å². The van der Waals surface area contributed by atoms with E-state index in [1.54, 1.807) is 13.8 Å². The minimum absolute atomic E-state index is 0.115. The van der Waals surface area contributed by atoms with Crippen molar-refractivity contribution in [3.8, 4) is 0 Å². The molecule has 0 aromatic heterocycles. The number of carboxylic acids is 1. The largest absolute Gasteiger partial charge is 0.478 e. The number of rotatable bonds is 7. The van der Waals surface area contributed by atoms with Gasteiger partial charge >= 0.3 is 5.97 Å². The monoisotopic (exact) mass is 319 g/mol. The van der Waals surface area contributed by atoms with E-state index in [1.165, 1.54) is 7.11 Å². The van der Waals surface area contributed by atoms with Gasteiger partial charge in [0.25, 0.3) is 0 Å². The van der Waals surface area contributed by atoms with Gasteiger partial charge in [-0.3, -0.25) is 0 Å². The molecule has 1 aromatic carbocycles. The van der Waals surface area contributed by atoms with Crippen LogP contribution in [0.3, 0.4) is 0 Å². The molecule has 1 atom stereocenters. The first-order valence-electron chi connectivity index (χ1n) is 6.29. The molecule has 1 aromatic rings. The Balaban J connectivity index is 3.34. The van der Waals surface area contributed by atoms with Crippen LogP contribution in [0, 0.1) is 5.82 Å². The van der Waals surface area contributed by atoms with Crippen molar-refractivity contribution in [3.63, 3.8) is 0 Å². The Kier molecular flexibility index (Phi) is 5.82. The number of benzene rings is 1. The van der Waals surface area contributed by atoms with Gasteiger partial charge in [0, 0.05) is 19.7 Å². The fourth-order valence-corrected chi connectivity index (χ4v) is 3.72. The van der Waals surface area contributed by atoms with Crippen molar-refractivity contribution in [2.45, 2.75) is 24.8 Å². The van der Waals surface area contributed by atoms with Gasteiger partial charge in [-0.05, 0) is 25.1 Å². The molecule has 8 heteroatoms. The van der Waals surface area contributed by atoms with E-state index in [0.29, 0.717) is 0 Å². The highest BCUT2D eigenvalue weighted by Gasteiger charge is 2.30. The van der Waals surface area contributed by atoms with Crippen LogP contribution < -0.4 is 0 Å². The molecule has 0 fully saturated rings. The number of likely N-dealkylation sites (N-methyl/N-ethyl adjacent to an activating group) is 1. The first-order chi connectivity index (χ1) is 9.75. The topological polar surface area (TPSA) is 83.9 Å². The molecule has 1 rings (SSSR count). The van der Waals surface area contributed by atoms with Gasteiger partial charge in [-0.1, -0.05) is 6.92 Å². The summed E-state index contributed by atoms with van der Waals surface area (Å²) >= 11 is 0. The molecule has 0 bridgehead atoms. The van der Waals surface area contributed by atoms with Gasteiger partial charge in [-0.25, -0.2) is 17.6 Å². The maximum atomic E-state index is 13.8. The van der Waals surface area contributed by atoms with E-state index in [1.807, 2.05) is 0 Å². The second-order valence-corrected chi connectivity index (χ2v) is 6.32. The van der Waals surface area contributed by atoms with Gasteiger partial charge in [0.15, 0.2) is 0 Å². The van der Waals surface area contributed by atoms with Crippen LogP contribution >= 0.6 is 0 Å². The van der Waals surface area contributed by atoms with Gasteiger partial charge in [-0.15, -0.1) is 0 Å². The molecule has 0 aliphatic heterocycles. The summed E-state index contributed by atoms with van der Waals surface area (Å²) in [7, 11) is -2.71. The van der Waals surface area contributed by atoms with Gasteiger partial charge in [0.1, 0.15) is 10.7 Å². The quantitative estimate of drug-likeness (QED) is 0.824. The summed E-state index contributed by atoms with van der Waals surface area (Å²) in [5.74, 6) is -2.30. The molecule has 21 heavy (non-hydrogen) atoms. The lowest BCUT2D eigenvalue weighted by atomic mass is 10.2. The lowest BCUT2D eigenvalue weighted by molar-refractivity contribution is 0.0696. The Labute approximate surface area is 123 Å². The van der Waals surface area contributed by atoms with Gasteiger partial charge < -0.3 is 9.84 Å². The lowest BCUT2D eigenvalue weighted by Gasteiger charge is -2.26. The van der Waals surface area contributed by atoms with Crippen LogP contribution in [0.15, 0.2) is 23.1 Å². The summed E-state index contributed by atoms with van der Waals surface area (Å²) in [4.78, 5) is 10.3. The summed E-state index contributed by atoms with van der Waals surface area (Å²) in [5.41, 5.74) is -0.287. The molecule has 6 nitrogen and oxygen atoms in total. The maximum absolute atomic E-state index is 13.8. The normalized spacial score (nSPS) is 13.4. The first-order valence-corrected chi connectivity index (χ1v) is 7.73. The highest BCUT2D eigenvalue weighted by molar-refractivity contribution is 7.89. The van der Waals surface area contributed by atoms with Crippen LogP contribution in [-0.4, -0.2) is 50.1 Å². The number of carbonyl (C=O) groups is 1. The maximum Gasteiger partial charge on any atom is 0.335 e. The van der Waals surface area contributed by atoms with Crippen molar-refractivity contribution in [1.29, 1.82) is 0 Å². The average molecular weight is 319 g/mol. The summed E-state index contributed by atoms with van der Waals surface area (Å²) in [6.45, 7) is 3.50. The molecule has 0 heterocycles. The van der Waals surface area contributed by atoms with E-state index in [4.69, 9.17) is 9.84 Å². The Morgan fingerprint density at radius 1 is 1.48 bits per heavy atom. The van der Waals surface area contributed by atoms with Crippen molar-refractivity contribution in [3.05, 3.63) is 29.6 Å². The van der Waals surface area contributed by atoms with E-state index in [2.05, 4.69) is 0 Å². The van der Waals surface area contributed by atoms with E-state index in [-0.39, 0.29) is 18.7 Å². The third-order valence-corrected chi connectivity index (χ3v) is 5.08. The molecule has 118 valence electrons. The number of carboxylic acid groups (broad SMARTS) is 1. The minimum Gasteiger partial charge on any atom is -0.478 e. The van der Waals surface area contributed by atoms with E-state index >= 15 is 0 Å². The predicted molar refractivity (Wildman–Crippen MR) is 74.3 cm³/mol. The highest BCUT2D eigenvalue weighted by Crippen LogP contribution is 2.22. The molecular formula is C13H18FNO5S. The molecule has 0 saturated heterocycles. The summed E-state index contributed by atoms with van der Waals surface area (Å²) in [6, 6.07) is 2.18. The Bertz CT molecular complexity index is 617. The van der Waals surface area contributed by atoms with Crippen molar-refractivity contribution in [2.24, 2.45) is 0 Å². The Morgan fingerprint density at radius 2 is 2.10 bits per heavy atom. The van der Waals surface area contributed by atoms with Crippen LogP contribution in [0.5, 0.6) is 0 Å². The number of methoxy groups -OCH3 is 1. The number of aromatic carboxylic acids is 1. The van der Waals surface area contributed by atoms with Crippen LogP contribution in [0.1, 0.15) is 24.2 Å². The molecule has 0 spiro atoms. The second kappa shape index (κ2) is 6.97. The number of sulfonamides is 1. The zero-order valence-corrected chi connectivity index (χ0v) is 12.9. The van der Waals surface area contributed by atoms with Gasteiger partial charge in [0.2, 0.25) is 10.0 Å². The smallest absolute Gasteiger partial charge is 0.335 e. The third kappa shape index (κ3) is 3.78. The fourth-order valence-electron chi connectivity index (χ4n) is 2.00. The van der Waals surface area contributed by atoms with Crippen LogP contribution in [0.25, 0.3) is 0 Å². The number of halogens is 1. The summed E-state index contributed by atoms with van der Waals surface area (Å²) < 4.78 is 44.9. The first kappa shape index (κ1) is 17.5. The minimum atomic E-state index is -4.14. The van der Waals surface area contributed by atoms with E-state index in [9.17, 15) is 17.6 Å². The lowest BCUT2D eigenvalue weighted by Crippen LogP contribution is -2.41. The molecule has 0 saturated carbocycles. The van der Waals surface area contributed by atoms with Crippen molar-refractivity contribution >= 4 is 16.0 Å². The standard InChI is InChI=1S/C13H18FNO5S/c1-4-15(9(2)8-20-3)21(18,19)12-7-10(13(16)17)5-6-11(12)14/h5-7,9H,4,8H2,1-3H3,(H,16,17). The molecule has 0 aliphatic carbocycles. The summed E-state index contributed by atoms with van der Waals surface area (Å²) in [6.07, 6.45) is 0. The van der Waals surface area contributed by atoms with E-state index in [0.717, 1.165) is 22.5 Å². The molecular weight excluding hydrogens is 301 g/mol. The Morgan fingerprint density at radius 3 is 2.57 bits per heavy atom. The second-order valence-electron chi connectivity index (χ2n) is 4.46. The zero-order chi connectivity index (χ0) is 16.2.